The van der Waals surface area contributed by atoms with Gasteiger partial charge >= 0.3 is 5.97 Å². The molecule has 7 heteroatoms. The molecule has 0 heterocycles. The number of halogens is 2. The van der Waals surface area contributed by atoms with Gasteiger partial charge in [0.25, 0.3) is 5.91 Å². The fourth-order valence-electron chi connectivity index (χ4n) is 5.96. The quantitative estimate of drug-likeness (QED) is 0.465. The van der Waals surface area contributed by atoms with Crippen LogP contribution in [0.2, 0.25) is 0 Å². The van der Waals surface area contributed by atoms with E-state index in [1.165, 1.54) is 29.5 Å². The molecule has 0 radical (unpaired) electrons. The number of benzene rings is 1. The van der Waals surface area contributed by atoms with Crippen LogP contribution in [0.3, 0.4) is 0 Å². The molecular formula is C22H24BrFN2O3. The Morgan fingerprint density at radius 3 is 2.55 bits per heavy atom. The van der Waals surface area contributed by atoms with Gasteiger partial charge < -0.3 is 9.64 Å². The molecule has 4 aliphatic rings. The smallest absolute Gasteiger partial charge is 0.312 e. The van der Waals surface area contributed by atoms with Gasteiger partial charge in [0.2, 0.25) is 0 Å². The van der Waals surface area contributed by atoms with Crippen molar-refractivity contribution in [1.29, 1.82) is 5.26 Å². The van der Waals surface area contributed by atoms with Crippen LogP contribution in [0.4, 0.5) is 10.1 Å². The molecule has 2 atom stereocenters. The van der Waals surface area contributed by atoms with E-state index in [1.807, 2.05) is 6.07 Å². The Morgan fingerprint density at radius 2 is 1.93 bits per heavy atom. The SMILES string of the molecule is N#CCCN(C(=O)COC(=O)C12CC3CC(CC(Br)(C3)C1)C2)c1ccccc1F. The summed E-state index contributed by atoms with van der Waals surface area (Å²) in [5, 5.41) is 8.88. The number of esters is 1. The second-order valence-electron chi connectivity index (χ2n) is 8.87. The highest BCUT2D eigenvalue weighted by atomic mass is 79.9. The first-order valence-electron chi connectivity index (χ1n) is 10.1. The summed E-state index contributed by atoms with van der Waals surface area (Å²) in [7, 11) is 0. The Balaban J connectivity index is 1.45. The van der Waals surface area contributed by atoms with Gasteiger partial charge in [0.05, 0.1) is 23.6 Å². The summed E-state index contributed by atoms with van der Waals surface area (Å²) in [6.45, 7) is -0.390. The maximum Gasteiger partial charge on any atom is 0.312 e. The minimum atomic E-state index is -0.549. The van der Waals surface area contributed by atoms with Gasteiger partial charge in [0, 0.05) is 10.9 Å². The average Bonchev–Trinajstić information content (AvgIpc) is 2.65. The molecule has 1 amide bonds. The number of hydrogen-bond donors (Lipinski definition) is 0. The van der Waals surface area contributed by atoms with Gasteiger partial charge in [0.1, 0.15) is 5.82 Å². The Bertz CT molecular complexity index is 854. The van der Waals surface area contributed by atoms with Crippen molar-refractivity contribution in [2.75, 3.05) is 18.1 Å². The predicted octanol–water partition coefficient (Wildman–Crippen LogP) is 4.35. The Morgan fingerprint density at radius 1 is 1.24 bits per heavy atom. The highest BCUT2D eigenvalue weighted by Crippen LogP contribution is 2.64. The molecule has 2 unspecified atom stereocenters. The van der Waals surface area contributed by atoms with Crippen LogP contribution < -0.4 is 4.90 Å². The highest BCUT2D eigenvalue weighted by molar-refractivity contribution is 9.10. The number of carbonyl (C=O) groups is 2. The number of ether oxygens (including phenoxy) is 1. The molecule has 1 aromatic carbocycles. The largest absolute Gasteiger partial charge is 0.455 e. The molecule has 5 rings (SSSR count). The maximum absolute atomic E-state index is 14.2. The van der Waals surface area contributed by atoms with Crippen molar-refractivity contribution in [3.05, 3.63) is 30.1 Å². The van der Waals surface area contributed by atoms with Crippen LogP contribution in [0.25, 0.3) is 0 Å². The van der Waals surface area contributed by atoms with E-state index < -0.39 is 23.7 Å². The molecule has 0 aromatic heterocycles. The molecule has 4 aliphatic carbocycles. The van der Waals surface area contributed by atoms with Crippen molar-refractivity contribution < 1.29 is 18.7 Å². The average molecular weight is 463 g/mol. The molecule has 4 fully saturated rings. The number of nitriles is 1. The lowest BCUT2D eigenvalue weighted by Gasteiger charge is -2.58. The van der Waals surface area contributed by atoms with Crippen molar-refractivity contribution in [1.82, 2.24) is 0 Å². The number of hydrogen-bond acceptors (Lipinski definition) is 4. The van der Waals surface area contributed by atoms with E-state index >= 15 is 0 Å². The number of alkyl halides is 1. The first-order valence-corrected chi connectivity index (χ1v) is 10.9. The minimum absolute atomic E-state index is 0.0200. The second kappa shape index (κ2) is 7.71. The third-order valence-corrected chi connectivity index (χ3v) is 7.57. The summed E-state index contributed by atoms with van der Waals surface area (Å²) in [6.07, 6.45) is 5.86. The Hall–Kier alpha value is -1.94. The molecule has 5 nitrogen and oxygen atoms in total. The van der Waals surface area contributed by atoms with Crippen molar-refractivity contribution in [3.8, 4) is 6.07 Å². The van der Waals surface area contributed by atoms with Crippen LogP contribution >= 0.6 is 15.9 Å². The molecule has 0 N–H and O–H groups in total. The number of anilines is 1. The zero-order valence-electron chi connectivity index (χ0n) is 16.2. The fourth-order valence-corrected chi connectivity index (χ4v) is 7.41. The van der Waals surface area contributed by atoms with E-state index in [2.05, 4.69) is 15.9 Å². The van der Waals surface area contributed by atoms with E-state index in [9.17, 15) is 14.0 Å². The van der Waals surface area contributed by atoms with Crippen LogP contribution in [0.15, 0.2) is 24.3 Å². The van der Waals surface area contributed by atoms with Crippen molar-refractivity contribution in [3.63, 3.8) is 0 Å². The van der Waals surface area contributed by atoms with E-state index in [0.717, 1.165) is 32.1 Å². The maximum atomic E-state index is 14.2. The Labute approximate surface area is 178 Å². The van der Waals surface area contributed by atoms with Crippen LogP contribution in [0, 0.1) is 34.4 Å². The lowest BCUT2D eigenvalue weighted by molar-refractivity contribution is -0.171. The summed E-state index contributed by atoms with van der Waals surface area (Å²) in [6, 6.07) is 7.88. The number of carbonyl (C=O) groups excluding carboxylic acids is 2. The van der Waals surface area contributed by atoms with E-state index in [4.69, 9.17) is 10.00 Å². The van der Waals surface area contributed by atoms with Gasteiger partial charge in [-0.25, -0.2) is 4.39 Å². The summed E-state index contributed by atoms with van der Waals surface area (Å²) < 4.78 is 19.7. The lowest BCUT2D eigenvalue weighted by atomic mass is 9.49. The van der Waals surface area contributed by atoms with Crippen LogP contribution in [0.5, 0.6) is 0 Å². The van der Waals surface area contributed by atoms with E-state index in [1.54, 1.807) is 6.07 Å². The molecule has 29 heavy (non-hydrogen) atoms. The molecule has 154 valence electrons. The number of nitrogens with zero attached hydrogens (tertiary/aromatic N) is 2. The molecule has 0 spiro atoms. The third kappa shape index (κ3) is 3.92. The first-order chi connectivity index (χ1) is 13.8. The predicted molar refractivity (Wildman–Crippen MR) is 109 cm³/mol. The van der Waals surface area contributed by atoms with Gasteiger partial charge in [0.15, 0.2) is 6.61 Å². The molecule has 4 bridgehead atoms. The summed E-state index contributed by atoms with van der Waals surface area (Å²) in [4.78, 5) is 27.0. The zero-order valence-corrected chi connectivity index (χ0v) is 17.8. The third-order valence-electron chi connectivity index (χ3n) is 6.64. The van der Waals surface area contributed by atoms with Gasteiger partial charge in [-0.05, 0) is 62.5 Å². The number of amides is 1. The number of rotatable bonds is 6. The molecule has 1 aromatic rings. The molecular weight excluding hydrogens is 439 g/mol. The standard InChI is InChI=1S/C22H24BrFN2O3/c23-22-11-15-8-16(12-22)10-21(9-15,14-22)20(28)29-13-19(27)26(7-3-6-25)18-5-2-1-4-17(18)24/h1-2,4-5,15-16H,3,7-14H2. The van der Waals surface area contributed by atoms with Crippen molar-refractivity contribution in [2.24, 2.45) is 17.3 Å². The van der Waals surface area contributed by atoms with Crippen molar-refractivity contribution >= 4 is 33.5 Å². The zero-order chi connectivity index (χ0) is 20.6. The number of para-hydroxylation sites is 1. The van der Waals surface area contributed by atoms with Crippen molar-refractivity contribution in [2.45, 2.75) is 49.3 Å². The molecule has 4 saturated carbocycles. The van der Waals surface area contributed by atoms with Gasteiger partial charge in [-0.15, -0.1) is 0 Å². The van der Waals surface area contributed by atoms with Gasteiger partial charge in [-0.2, -0.15) is 5.26 Å². The summed E-state index contributed by atoms with van der Waals surface area (Å²) in [5.41, 5.74) is -0.415. The molecule has 0 saturated heterocycles. The molecule has 0 aliphatic heterocycles. The van der Waals surface area contributed by atoms with Gasteiger partial charge in [-0.1, -0.05) is 28.1 Å². The van der Waals surface area contributed by atoms with Crippen LogP contribution in [-0.4, -0.2) is 29.4 Å². The van der Waals surface area contributed by atoms with E-state index in [0.29, 0.717) is 11.8 Å². The van der Waals surface area contributed by atoms with E-state index in [-0.39, 0.29) is 28.9 Å². The Kier molecular flexibility index (Phi) is 5.41. The normalized spacial score (nSPS) is 31.9. The highest BCUT2D eigenvalue weighted by Gasteiger charge is 2.60. The summed E-state index contributed by atoms with van der Waals surface area (Å²) >= 11 is 3.88. The minimum Gasteiger partial charge on any atom is -0.455 e. The van der Waals surface area contributed by atoms with Gasteiger partial charge in [-0.3, -0.25) is 9.59 Å². The second-order valence-corrected chi connectivity index (χ2v) is 10.6. The van der Waals surface area contributed by atoms with Crippen LogP contribution in [-0.2, 0) is 14.3 Å². The van der Waals surface area contributed by atoms with Crippen LogP contribution in [0.1, 0.15) is 44.9 Å². The first kappa shape index (κ1) is 20.3. The lowest BCUT2D eigenvalue weighted by Crippen LogP contribution is -2.56. The fraction of sp³-hybridized carbons (Fsp3) is 0.591. The summed E-state index contributed by atoms with van der Waals surface area (Å²) in [5.74, 6) is -0.309. The topological polar surface area (TPSA) is 70.4 Å². The monoisotopic (exact) mass is 462 g/mol.